The molecule has 2 heterocycles. The highest BCUT2D eigenvalue weighted by molar-refractivity contribution is 4.98. The molecule has 1 saturated heterocycles. The first-order valence-electron chi connectivity index (χ1n) is 6.71. The molecule has 1 atom stereocenters. The molecular weight excluding hydrogens is 228 g/mol. The van der Waals surface area contributed by atoms with Gasteiger partial charge in [-0.2, -0.15) is 4.98 Å². The maximum atomic E-state index is 5.32. The number of nitrogens with zero attached hydrogens (tertiary/aromatic N) is 3. The van der Waals surface area contributed by atoms with Gasteiger partial charge >= 0.3 is 0 Å². The molecule has 0 radical (unpaired) electrons. The van der Waals surface area contributed by atoms with Gasteiger partial charge in [-0.1, -0.05) is 25.9 Å². The molecule has 102 valence electrons. The Hall–Kier alpha value is -0.940. The van der Waals surface area contributed by atoms with Gasteiger partial charge in [-0.15, -0.1) is 0 Å². The van der Waals surface area contributed by atoms with Crippen molar-refractivity contribution in [1.82, 2.24) is 20.4 Å². The lowest BCUT2D eigenvalue weighted by Crippen LogP contribution is -2.44. The second kappa shape index (κ2) is 5.36. The zero-order chi connectivity index (χ0) is 13.2. The van der Waals surface area contributed by atoms with Crippen LogP contribution in [-0.2, 0) is 12.0 Å². The number of hydrogen-bond donors (Lipinski definition) is 1. The number of rotatable bonds is 3. The minimum Gasteiger partial charge on any atom is -0.339 e. The summed E-state index contributed by atoms with van der Waals surface area (Å²) in [5, 5.41) is 7.42. The average molecular weight is 252 g/mol. The number of aromatic nitrogens is 2. The van der Waals surface area contributed by atoms with Crippen LogP contribution in [0.3, 0.4) is 0 Å². The first kappa shape index (κ1) is 13.5. The van der Waals surface area contributed by atoms with Gasteiger partial charge in [0.2, 0.25) is 5.89 Å². The van der Waals surface area contributed by atoms with E-state index in [1.54, 1.807) is 0 Å². The highest BCUT2D eigenvalue weighted by Crippen LogP contribution is 2.20. The quantitative estimate of drug-likeness (QED) is 0.884. The highest BCUT2D eigenvalue weighted by atomic mass is 16.5. The fraction of sp³-hybridized carbons (Fsp3) is 0.846. The van der Waals surface area contributed by atoms with Crippen LogP contribution in [0.2, 0.25) is 0 Å². The van der Waals surface area contributed by atoms with Gasteiger partial charge in [0.25, 0.3) is 0 Å². The van der Waals surface area contributed by atoms with E-state index in [4.69, 9.17) is 4.52 Å². The second-order valence-corrected chi connectivity index (χ2v) is 6.13. The molecule has 1 fully saturated rings. The van der Waals surface area contributed by atoms with E-state index in [0.717, 1.165) is 31.3 Å². The highest BCUT2D eigenvalue weighted by Gasteiger charge is 2.24. The molecule has 1 unspecified atom stereocenters. The average Bonchev–Trinajstić information content (AvgIpc) is 2.77. The Morgan fingerprint density at radius 2 is 2.22 bits per heavy atom. The Labute approximate surface area is 109 Å². The van der Waals surface area contributed by atoms with Gasteiger partial charge in [0.05, 0.1) is 6.54 Å². The molecular formula is C13H24N4O. The molecule has 5 nitrogen and oxygen atoms in total. The Kier molecular flexibility index (Phi) is 4.02. The summed E-state index contributed by atoms with van der Waals surface area (Å²) >= 11 is 0. The van der Waals surface area contributed by atoms with Crippen molar-refractivity contribution in [2.24, 2.45) is 0 Å². The monoisotopic (exact) mass is 252 g/mol. The predicted molar refractivity (Wildman–Crippen MR) is 70.4 cm³/mol. The fourth-order valence-corrected chi connectivity index (χ4v) is 2.26. The Morgan fingerprint density at radius 3 is 2.83 bits per heavy atom. The van der Waals surface area contributed by atoms with Crippen LogP contribution in [0.4, 0.5) is 0 Å². The van der Waals surface area contributed by atoms with Crippen LogP contribution >= 0.6 is 0 Å². The summed E-state index contributed by atoms with van der Waals surface area (Å²) in [6, 6.07) is 0.590. The van der Waals surface area contributed by atoms with E-state index in [2.05, 4.69) is 41.1 Å². The van der Waals surface area contributed by atoms with Crippen LogP contribution in [0.15, 0.2) is 4.52 Å². The van der Waals surface area contributed by atoms with Crippen molar-refractivity contribution in [2.45, 2.75) is 51.6 Å². The maximum absolute atomic E-state index is 5.32. The molecule has 0 saturated carbocycles. The van der Waals surface area contributed by atoms with Crippen molar-refractivity contribution in [3.8, 4) is 0 Å². The Balaban J connectivity index is 1.95. The first-order chi connectivity index (χ1) is 8.49. The summed E-state index contributed by atoms with van der Waals surface area (Å²) in [5.41, 5.74) is -0.0688. The molecule has 2 rings (SSSR count). The van der Waals surface area contributed by atoms with Gasteiger partial charge in [-0.3, -0.25) is 4.90 Å². The van der Waals surface area contributed by atoms with E-state index in [1.807, 2.05) is 7.05 Å². The van der Waals surface area contributed by atoms with E-state index < -0.39 is 0 Å². The molecule has 5 heteroatoms. The predicted octanol–water partition coefficient (Wildman–Crippen LogP) is 1.55. The summed E-state index contributed by atoms with van der Waals surface area (Å²) in [7, 11) is 2.03. The largest absolute Gasteiger partial charge is 0.339 e. The summed E-state index contributed by atoms with van der Waals surface area (Å²) in [6.45, 7) is 9.23. The number of likely N-dealkylation sites (tertiary alicyclic amines) is 1. The van der Waals surface area contributed by atoms with Crippen molar-refractivity contribution in [3.63, 3.8) is 0 Å². The molecule has 1 aromatic heterocycles. The van der Waals surface area contributed by atoms with Crippen molar-refractivity contribution < 1.29 is 4.52 Å². The van der Waals surface area contributed by atoms with Crippen LogP contribution < -0.4 is 5.32 Å². The third-order valence-electron chi connectivity index (χ3n) is 3.39. The van der Waals surface area contributed by atoms with Crippen LogP contribution in [0.25, 0.3) is 0 Å². The van der Waals surface area contributed by atoms with Gasteiger partial charge in [-0.05, 0) is 26.4 Å². The summed E-state index contributed by atoms with van der Waals surface area (Å²) in [4.78, 5) is 6.88. The molecule has 1 aliphatic heterocycles. The number of hydrogen-bond acceptors (Lipinski definition) is 5. The molecule has 1 aliphatic rings. The zero-order valence-corrected chi connectivity index (χ0v) is 11.9. The summed E-state index contributed by atoms with van der Waals surface area (Å²) in [5.74, 6) is 1.52. The van der Waals surface area contributed by atoms with Crippen LogP contribution in [0, 0.1) is 0 Å². The van der Waals surface area contributed by atoms with Gasteiger partial charge in [0, 0.05) is 18.0 Å². The Morgan fingerprint density at radius 1 is 1.44 bits per heavy atom. The molecule has 0 spiro atoms. The minimum absolute atomic E-state index is 0.0688. The lowest BCUT2D eigenvalue weighted by molar-refractivity contribution is 0.182. The van der Waals surface area contributed by atoms with Crippen molar-refractivity contribution in [3.05, 3.63) is 11.7 Å². The lowest BCUT2D eigenvalue weighted by atomic mass is 9.97. The number of piperidine rings is 1. The molecule has 0 aromatic carbocycles. The van der Waals surface area contributed by atoms with Crippen LogP contribution in [-0.4, -0.2) is 41.2 Å². The standard InChI is InChI=1S/C13H24N4O/c1-13(2,3)12-15-11(16-18-12)9-17-7-5-6-10(8-17)14-4/h10,14H,5-9H2,1-4H3. The van der Waals surface area contributed by atoms with Crippen molar-refractivity contribution in [1.29, 1.82) is 0 Å². The van der Waals surface area contributed by atoms with Crippen LogP contribution in [0.5, 0.6) is 0 Å². The fourth-order valence-electron chi connectivity index (χ4n) is 2.26. The molecule has 0 aliphatic carbocycles. The van der Waals surface area contributed by atoms with E-state index in [9.17, 15) is 0 Å². The SMILES string of the molecule is CNC1CCCN(Cc2noc(C(C)(C)C)n2)C1. The van der Waals surface area contributed by atoms with E-state index in [0.29, 0.717) is 6.04 Å². The van der Waals surface area contributed by atoms with Crippen molar-refractivity contribution >= 4 is 0 Å². The molecule has 0 amide bonds. The normalized spacial score (nSPS) is 22.3. The van der Waals surface area contributed by atoms with E-state index in [-0.39, 0.29) is 5.41 Å². The Bertz CT molecular complexity index is 383. The summed E-state index contributed by atoms with van der Waals surface area (Å²) < 4.78 is 5.32. The number of likely N-dealkylation sites (N-methyl/N-ethyl adjacent to an activating group) is 1. The van der Waals surface area contributed by atoms with Gasteiger partial charge < -0.3 is 9.84 Å². The second-order valence-electron chi connectivity index (χ2n) is 6.13. The first-order valence-corrected chi connectivity index (χ1v) is 6.71. The molecule has 1 aromatic rings. The minimum atomic E-state index is -0.0688. The lowest BCUT2D eigenvalue weighted by Gasteiger charge is -2.31. The van der Waals surface area contributed by atoms with E-state index in [1.165, 1.54) is 12.8 Å². The number of nitrogens with one attached hydrogen (secondary N) is 1. The topological polar surface area (TPSA) is 54.2 Å². The van der Waals surface area contributed by atoms with Crippen molar-refractivity contribution in [2.75, 3.05) is 20.1 Å². The third kappa shape index (κ3) is 3.29. The molecule has 0 bridgehead atoms. The van der Waals surface area contributed by atoms with E-state index >= 15 is 0 Å². The van der Waals surface area contributed by atoms with Crippen LogP contribution in [0.1, 0.15) is 45.3 Å². The van der Waals surface area contributed by atoms with Gasteiger partial charge in [0.1, 0.15) is 0 Å². The molecule has 1 N–H and O–H groups in total. The van der Waals surface area contributed by atoms with Gasteiger partial charge in [0.15, 0.2) is 5.82 Å². The third-order valence-corrected chi connectivity index (χ3v) is 3.39. The smallest absolute Gasteiger partial charge is 0.232 e. The summed E-state index contributed by atoms with van der Waals surface area (Å²) in [6.07, 6.45) is 2.49. The maximum Gasteiger partial charge on any atom is 0.232 e. The van der Waals surface area contributed by atoms with Gasteiger partial charge in [-0.25, -0.2) is 0 Å². The molecule has 18 heavy (non-hydrogen) atoms. The zero-order valence-electron chi connectivity index (χ0n) is 11.9.